The number of nitrogens with one attached hydrogen (secondary N) is 2. The van der Waals surface area contributed by atoms with Crippen LogP contribution in [0.1, 0.15) is 23.0 Å². The Morgan fingerprint density at radius 1 is 1.14 bits per heavy atom. The van der Waals surface area contributed by atoms with Crippen molar-refractivity contribution in [2.75, 3.05) is 39.3 Å². The van der Waals surface area contributed by atoms with Gasteiger partial charge in [0.2, 0.25) is 5.91 Å². The average Bonchev–Trinajstić information content (AvgIpc) is 3.18. The zero-order valence-electron chi connectivity index (χ0n) is 15.7. The van der Waals surface area contributed by atoms with Crippen LogP contribution >= 0.6 is 24.8 Å². The lowest BCUT2D eigenvalue weighted by atomic mass is 10.0. The van der Waals surface area contributed by atoms with E-state index in [9.17, 15) is 4.79 Å². The molecule has 0 spiro atoms. The van der Waals surface area contributed by atoms with Crippen molar-refractivity contribution in [3.8, 4) is 0 Å². The zero-order chi connectivity index (χ0) is 17.8. The molecule has 2 aliphatic heterocycles. The van der Waals surface area contributed by atoms with Gasteiger partial charge in [0.25, 0.3) is 0 Å². The molecule has 4 rings (SSSR count). The van der Waals surface area contributed by atoms with E-state index in [0.717, 1.165) is 57.1 Å². The second kappa shape index (κ2) is 10.6. The van der Waals surface area contributed by atoms with Crippen LogP contribution in [0.5, 0.6) is 0 Å². The van der Waals surface area contributed by atoms with Gasteiger partial charge in [-0.3, -0.25) is 9.69 Å². The van der Waals surface area contributed by atoms with E-state index in [-0.39, 0.29) is 36.8 Å². The monoisotopic (exact) mass is 423 g/mol. The number of nitrogens with zero attached hydrogens (tertiary/aromatic N) is 3. The number of amides is 1. The predicted molar refractivity (Wildman–Crippen MR) is 116 cm³/mol. The molecule has 1 amide bonds. The minimum Gasteiger partial charge on any atom is -0.348 e. The SMILES string of the molecule is Cl.Cl.O=C(C1NCCc2[nH]cnc21)N1CCN(CC=Cc2ccccc2)CC1. The van der Waals surface area contributed by atoms with Crippen LogP contribution in [-0.4, -0.2) is 64.9 Å². The molecule has 1 aromatic heterocycles. The van der Waals surface area contributed by atoms with E-state index in [1.54, 1.807) is 6.33 Å². The van der Waals surface area contributed by atoms with Gasteiger partial charge in [-0.25, -0.2) is 4.98 Å². The normalized spacial score (nSPS) is 19.6. The maximum Gasteiger partial charge on any atom is 0.246 e. The van der Waals surface area contributed by atoms with Crippen molar-refractivity contribution in [3.63, 3.8) is 0 Å². The Kier molecular flexibility index (Phi) is 8.51. The highest BCUT2D eigenvalue weighted by Gasteiger charge is 2.32. The summed E-state index contributed by atoms with van der Waals surface area (Å²) in [5.41, 5.74) is 3.18. The lowest BCUT2D eigenvalue weighted by molar-refractivity contribution is -0.135. The van der Waals surface area contributed by atoms with Crippen LogP contribution in [0.15, 0.2) is 42.7 Å². The summed E-state index contributed by atoms with van der Waals surface area (Å²) in [6.45, 7) is 5.10. The number of benzene rings is 1. The molecular weight excluding hydrogens is 397 g/mol. The fourth-order valence-electron chi connectivity index (χ4n) is 3.66. The largest absolute Gasteiger partial charge is 0.348 e. The number of fused-ring (bicyclic) bond motifs is 1. The van der Waals surface area contributed by atoms with Crippen LogP contribution in [0.3, 0.4) is 0 Å². The van der Waals surface area contributed by atoms with Gasteiger partial charge in [0.05, 0.1) is 12.0 Å². The Morgan fingerprint density at radius 3 is 2.64 bits per heavy atom. The number of aromatic amines is 1. The van der Waals surface area contributed by atoms with Gasteiger partial charge in [-0.1, -0.05) is 42.5 Å². The number of carbonyl (C=O) groups excluding carboxylic acids is 1. The van der Waals surface area contributed by atoms with E-state index in [1.165, 1.54) is 5.56 Å². The molecule has 2 aliphatic rings. The van der Waals surface area contributed by atoms with Crippen molar-refractivity contribution in [1.29, 1.82) is 0 Å². The van der Waals surface area contributed by atoms with Crippen LogP contribution in [-0.2, 0) is 11.2 Å². The van der Waals surface area contributed by atoms with Crippen molar-refractivity contribution in [2.45, 2.75) is 12.5 Å². The van der Waals surface area contributed by atoms with Gasteiger partial charge in [0.15, 0.2) is 0 Å². The lowest BCUT2D eigenvalue weighted by Gasteiger charge is -2.36. The van der Waals surface area contributed by atoms with Gasteiger partial charge in [-0.2, -0.15) is 0 Å². The van der Waals surface area contributed by atoms with Crippen molar-refractivity contribution in [3.05, 3.63) is 59.7 Å². The number of piperazine rings is 1. The topological polar surface area (TPSA) is 64.3 Å². The summed E-state index contributed by atoms with van der Waals surface area (Å²) in [6.07, 6.45) is 6.95. The first-order valence-electron chi connectivity index (χ1n) is 9.29. The molecule has 0 radical (unpaired) electrons. The molecule has 1 aromatic carbocycles. The van der Waals surface area contributed by atoms with Gasteiger partial charge in [0.1, 0.15) is 6.04 Å². The smallest absolute Gasteiger partial charge is 0.246 e. The highest BCUT2D eigenvalue weighted by molar-refractivity contribution is 5.85. The molecule has 3 heterocycles. The summed E-state index contributed by atoms with van der Waals surface area (Å²) in [6, 6.07) is 10.0. The average molecular weight is 424 g/mol. The minimum atomic E-state index is -0.297. The summed E-state index contributed by atoms with van der Waals surface area (Å²) in [5, 5.41) is 3.32. The van der Waals surface area contributed by atoms with Gasteiger partial charge in [-0.15, -0.1) is 24.8 Å². The molecule has 28 heavy (non-hydrogen) atoms. The summed E-state index contributed by atoms with van der Waals surface area (Å²) < 4.78 is 0. The number of rotatable bonds is 4. The third kappa shape index (κ3) is 5.14. The Balaban J connectivity index is 0.00000140. The quantitative estimate of drug-likeness (QED) is 0.791. The van der Waals surface area contributed by atoms with Crippen molar-refractivity contribution >= 4 is 36.8 Å². The van der Waals surface area contributed by atoms with Gasteiger partial charge in [0, 0.05) is 51.4 Å². The highest BCUT2D eigenvalue weighted by Crippen LogP contribution is 2.22. The third-order valence-electron chi connectivity index (χ3n) is 5.15. The van der Waals surface area contributed by atoms with Crippen LogP contribution in [0.25, 0.3) is 6.08 Å². The molecule has 0 aliphatic carbocycles. The molecule has 1 saturated heterocycles. The predicted octanol–water partition coefficient (Wildman–Crippen LogP) is 2.30. The number of halogens is 2. The van der Waals surface area contributed by atoms with Crippen molar-refractivity contribution < 1.29 is 4.79 Å². The first-order chi connectivity index (χ1) is 12.8. The second-order valence-corrected chi connectivity index (χ2v) is 6.84. The van der Waals surface area contributed by atoms with E-state index in [0.29, 0.717) is 0 Å². The first-order valence-corrected chi connectivity index (χ1v) is 9.29. The number of aromatic nitrogens is 2. The number of H-pyrrole nitrogens is 1. The third-order valence-corrected chi connectivity index (χ3v) is 5.15. The Hall–Kier alpha value is -1.86. The Labute approximate surface area is 178 Å². The molecule has 6 nitrogen and oxygen atoms in total. The Bertz CT molecular complexity index is 772. The fraction of sp³-hybridized carbons (Fsp3) is 0.400. The molecule has 0 saturated carbocycles. The number of hydrogen-bond acceptors (Lipinski definition) is 4. The van der Waals surface area contributed by atoms with Crippen LogP contribution in [0, 0.1) is 0 Å². The van der Waals surface area contributed by atoms with E-state index in [2.05, 4.69) is 44.5 Å². The van der Waals surface area contributed by atoms with E-state index in [4.69, 9.17) is 0 Å². The van der Waals surface area contributed by atoms with Gasteiger partial charge < -0.3 is 15.2 Å². The number of imidazole rings is 1. The van der Waals surface area contributed by atoms with Crippen molar-refractivity contribution in [2.24, 2.45) is 0 Å². The molecule has 2 aromatic rings. The van der Waals surface area contributed by atoms with Crippen LogP contribution in [0.2, 0.25) is 0 Å². The van der Waals surface area contributed by atoms with E-state index in [1.807, 2.05) is 23.1 Å². The summed E-state index contributed by atoms with van der Waals surface area (Å²) in [7, 11) is 0. The zero-order valence-corrected chi connectivity index (χ0v) is 17.3. The van der Waals surface area contributed by atoms with Gasteiger partial charge in [-0.05, 0) is 5.56 Å². The summed E-state index contributed by atoms with van der Waals surface area (Å²) in [5.74, 6) is 0.150. The molecule has 152 valence electrons. The fourth-order valence-corrected chi connectivity index (χ4v) is 3.66. The molecule has 8 heteroatoms. The standard InChI is InChI=1S/C20H25N5O.2ClH/c26-20(19-18-17(8-9-21-19)22-15-23-18)25-13-11-24(12-14-25)10-4-7-16-5-2-1-3-6-16;;/h1-7,15,19,21H,8-14H2,(H,22,23);2*1H. The molecule has 1 unspecified atom stereocenters. The van der Waals surface area contributed by atoms with Crippen molar-refractivity contribution in [1.82, 2.24) is 25.1 Å². The number of carbonyl (C=O) groups is 1. The lowest BCUT2D eigenvalue weighted by Crippen LogP contribution is -2.52. The molecule has 2 N–H and O–H groups in total. The summed E-state index contributed by atoms with van der Waals surface area (Å²) >= 11 is 0. The van der Waals surface area contributed by atoms with E-state index >= 15 is 0 Å². The van der Waals surface area contributed by atoms with Gasteiger partial charge >= 0.3 is 0 Å². The molecule has 0 bridgehead atoms. The minimum absolute atomic E-state index is 0. The molecule has 1 fully saturated rings. The number of hydrogen-bond donors (Lipinski definition) is 2. The van der Waals surface area contributed by atoms with Crippen LogP contribution < -0.4 is 5.32 Å². The first kappa shape index (κ1) is 22.4. The Morgan fingerprint density at radius 2 is 1.89 bits per heavy atom. The summed E-state index contributed by atoms with van der Waals surface area (Å²) in [4.78, 5) is 24.8. The van der Waals surface area contributed by atoms with Crippen LogP contribution in [0.4, 0.5) is 0 Å². The highest BCUT2D eigenvalue weighted by atomic mass is 35.5. The molecular formula is C20H27Cl2N5O. The second-order valence-electron chi connectivity index (χ2n) is 6.84. The maximum atomic E-state index is 12.9. The maximum absolute atomic E-state index is 12.9. The molecule has 1 atom stereocenters. The van der Waals surface area contributed by atoms with E-state index < -0.39 is 0 Å².